The van der Waals surface area contributed by atoms with E-state index in [1.54, 1.807) is 24.3 Å². The zero-order chi connectivity index (χ0) is 18.9. The Morgan fingerprint density at radius 2 is 1.46 bits per heavy atom. The molecule has 0 saturated heterocycles. The normalized spacial score (nSPS) is 14.5. The molecule has 0 saturated carbocycles. The molecule has 0 N–H and O–H groups in total. The molecule has 0 aromatic heterocycles. The van der Waals surface area contributed by atoms with Crippen LogP contribution in [0.5, 0.6) is 0 Å². The van der Waals surface area contributed by atoms with Crippen LogP contribution in [0.2, 0.25) is 0 Å². The van der Waals surface area contributed by atoms with Crippen LogP contribution in [0.25, 0.3) is 0 Å². The van der Waals surface area contributed by atoms with E-state index in [4.69, 9.17) is 4.74 Å². The first-order chi connectivity index (χ1) is 12.3. The van der Waals surface area contributed by atoms with E-state index >= 15 is 0 Å². The molecule has 1 aliphatic carbocycles. The molecule has 2 aromatic rings. The average molecular weight is 366 g/mol. The Hall–Kier alpha value is -2.33. The van der Waals surface area contributed by atoms with Gasteiger partial charge < -0.3 is 4.74 Å². The molecular formula is C22H22O3S. The zero-order valence-electron chi connectivity index (χ0n) is 15.5. The fraction of sp³-hybridized carbons (Fsp3) is 0.273. The number of ether oxygens (including phenoxy) is 1. The summed E-state index contributed by atoms with van der Waals surface area (Å²) < 4.78 is 5.57. The van der Waals surface area contributed by atoms with Gasteiger partial charge in [0, 0.05) is 16.0 Å². The van der Waals surface area contributed by atoms with Gasteiger partial charge in [0.05, 0.1) is 6.61 Å². The van der Waals surface area contributed by atoms with E-state index in [1.807, 2.05) is 19.1 Å². The summed E-state index contributed by atoms with van der Waals surface area (Å²) in [7, 11) is 0. The lowest BCUT2D eigenvalue weighted by atomic mass is 9.87. The molecule has 0 unspecified atom stereocenters. The van der Waals surface area contributed by atoms with E-state index < -0.39 is 0 Å². The molecule has 0 atom stereocenters. The molecule has 4 heteroatoms. The highest BCUT2D eigenvalue weighted by molar-refractivity contribution is 8.04. The molecule has 0 bridgehead atoms. The Kier molecular flexibility index (Phi) is 5.05. The van der Waals surface area contributed by atoms with Crippen LogP contribution in [-0.2, 0) is 10.2 Å². The summed E-state index contributed by atoms with van der Waals surface area (Å²) in [6.07, 6.45) is 0. The van der Waals surface area contributed by atoms with E-state index in [0.29, 0.717) is 22.6 Å². The third-order valence-corrected chi connectivity index (χ3v) is 5.35. The third kappa shape index (κ3) is 3.47. The maximum Gasteiger partial charge on any atom is 0.229 e. The van der Waals surface area contributed by atoms with Crippen LogP contribution in [0.15, 0.2) is 64.1 Å². The SMILES string of the molecule is CCOC1=C(Sc2ccc(C(C)(C)C)cc2)C(=O)c2ccccc2C1=O. The Morgan fingerprint density at radius 3 is 2.00 bits per heavy atom. The van der Waals surface area contributed by atoms with Crippen LogP contribution in [0.3, 0.4) is 0 Å². The molecular weight excluding hydrogens is 344 g/mol. The van der Waals surface area contributed by atoms with Gasteiger partial charge in [-0.3, -0.25) is 9.59 Å². The maximum atomic E-state index is 13.0. The summed E-state index contributed by atoms with van der Waals surface area (Å²) in [6, 6.07) is 15.0. The number of hydrogen-bond donors (Lipinski definition) is 0. The molecule has 3 rings (SSSR count). The predicted octanol–water partition coefficient (Wildman–Crippen LogP) is 5.40. The lowest BCUT2D eigenvalue weighted by Gasteiger charge is -2.21. The van der Waals surface area contributed by atoms with E-state index in [0.717, 1.165) is 4.90 Å². The number of benzene rings is 2. The van der Waals surface area contributed by atoms with Crippen LogP contribution in [0, 0.1) is 0 Å². The van der Waals surface area contributed by atoms with Crippen molar-refractivity contribution in [2.75, 3.05) is 6.61 Å². The minimum absolute atomic E-state index is 0.0640. The molecule has 2 aromatic carbocycles. The fourth-order valence-electron chi connectivity index (χ4n) is 2.84. The van der Waals surface area contributed by atoms with Gasteiger partial charge in [-0.1, -0.05) is 68.9 Å². The lowest BCUT2D eigenvalue weighted by Crippen LogP contribution is -2.22. The van der Waals surface area contributed by atoms with E-state index in [1.165, 1.54) is 17.3 Å². The molecule has 0 spiro atoms. The second-order valence-corrected chi connectivity index (χ2v) is 8.26. The Bertz CT molecular complexity index is 886. The van der Waals surface area contributed by atoms with E-state index in [-0.39, 0.29) is 22.7 Å². The molecule has 0 fully saturated rings. The average Bonchev–Trinajstić information content (AvgIpc) is 2.62. The van der Waals surface area contributed by atoms with Crippen molar-refractivity contribution in [2.45, 2.75) is 38.0 Å². The Morgan fingerprint density at radius 1 is 0.885 bits per heavy atom. The van der Waals surface area contributed by atoms with Crippen LogP contribution >= 0.6 is 11.8 Å². The van der Waals surface area contributed by atoms with Crippen molar-refractivity contribution in [3.8, 4) is 0 Å². The predicted molar refractivity (Wildman–Crippen MR) is 105 cm³/mol. The summed E-state index contributed by atoms with van der Waals surface area (Å²) >= 11 is 1.29. The van der Waals surface area contributed by atoms with Crippen LogP contribution in [-0.4, -0.2) is 18.2 Å². The first kappa shape index (κ1) is 18.5. The molecule has 134 valence electrons. The van der Waals surface area contributed by atoms with Crippen molar-refractivity contribution in [1.82, 2.24) is 0 Å². The maximum absolute atomic E-state index is 13.0. The highest BCUT2D eigenvalue weighted by atomic mass is 32.2. The summed E-state index contributed by atoms with van der Waals surface area (Å²) in [5, 5.41) is 0. The largest absolute Gasteiger partial charge is 0.488 e. The highest BCUT2D eigenvalue weighted by Crippen LogP contribution is 2.38. The number of Topliss-reactive ketones (excluding diaryl/α,β-unsaturated/α-hetero) is 2. The molecule has 0 heterocycles. The van der Waals surface area contributed by atoms with Crippen molar-refractivity contribution >= 4 is 23.3 Å². The van der Waals surface area contributed by atoms with Gasteiger partial charge in [-0.25, -0.2) is 0 Å². The van der Waals surface area contributed by atoms with Crippen molar-refractivity contribution in [2.24, 2.45) is 0 Å². The smallest absolute Gasteiger partial charge is 0.229 e. The number of hydrogen-bond acceptors (Lipinski definition) is 4. The van der Waals surface area contributed by atoms with Crippen LogP contribution in [0.4, 0.5) is 0 Å². The van der Waals surface area contributed by atoms with Gasteiger partial charge in [-0.2, -0.15) is 0 Å². The number of ketones is 2. The summed E-state index contributed by atoms with van der Waals surface area (Å²) in [6.45, 7) is 8.62. The Balaban J connectivity index is 1.99. The second kappa shape index (κ2) is 7.12. The Labute approximate surface area is 158 Å². The number of thioether (sulfide) groups is 1. The number of rotatable bonds is 4. The first-order valence-corrected chi connectivity index (χ1v) is 9.48. The number of allylic oxidation sites excluding steroid dienone is 2. The van der Waals surface area contributed by atoms with Gasteiger partial charge >= 0.3 is 0 Å². The van der Waals surface area contributed by atoms with Gasteiger partial charge in [-0.05, 0) is 30.0 Å². The molecule has 1 aliphatic rings. The molecule has 0 amide bonds. The summed E-state index contributed by atoms with van der Waals surface area (Å²) in [4.78, 5) is 27.0. The third-order valence-electron chi connectivity index (χ3n) is 4.26. The number of carbonyl (C=O) groups is 2. The van der Waals surface area contributed by atoms with Crippen molar-refractivity contribution in [1.29, 1.82) is 0 Å². The van der Waals surface area contributed by atoms with Crippen molar-refractivity contribution < 1.29 is 14.3 Å². The van der Waals surface area contributed by atoms with Crippen molar-refractivity contribution in [3.05, 3.63) is 75.9 Å². The first-order valence-electron chi connectivity index (χ1n) is 8.67. The number of fused-ring (bicyclic) bond motifs is 1. The summed E-state index contributed by atoms with van der Waals surface area (Å²) in [5.41, 5.74) is 2.13. The molecule has 26 heavy (non-hydrogen) atoms. The molecule has 0 radical (unpaired) electrons. The van der Waals surface area contributed by atoms with E-state index in [2.05, 4.69) is 32.9 Å². The van der Waals surface area contributed by atoms with Crippen LogP contribution < -0.4 is 0 Å². The monoisotopic (exact) mass is 366 g/mol. The van der Waals surface area contributed by atoms with Crippen LogP contribution in [0.1, 0.15) is 54.0 Å². The van der Waals surface area contributed by atoms with Gasteiger partial charge in [0.1, 0.15) is 4.91 Å². The minimum Gasteiger partial charge on any atom is -0.488 e. The number of carbonyl (C=O) groups excluding carboxylic acids is 2. The highest BCUT2D eigenvalue weighted by Gasteiger charge is 2.34. The fourth-order valence-corrected chi connectivity index (χ4v) is 3.79. The summed E-state index contributed by atoms with van der Waals surface area (Å²) in [5.74, 6) is -0.231. The van der Waals surface area contributed by atoms with Gasteiger partial charge in [0.25, 0.3) is 0 Å². The topological polar surface area (TPSA) is 43.4 Å². The quantitative estimate of drug-likeness (QED) is 0.726. The zero-order valence-corrected chi connectivity index (χ0v) is 16.3. The van der Waals surface area contributed by atoms with Gasteiger partial charge in [-0.15, -0.1) is 0 Å². The molecule has 0 aliphatic heterocycles. The lowest BCUT2D eigenvalue weighted by molar-refractivity contribution is 0.0888. The van der Waals surface area contributed by atoms with Gasteiger partial charge in [0.2, 0.25) is 11.6 Å². The standard InChI is InChI=1S/C22H22O3S/c1-5-25-20-18(23)16-8-6-7-9-17(16)19(24)21(20)26-15-12-10-14(11-13-15)22(2,3)4/h6-13H,5H2,1-4H3. The van der Waals surface area contributed by atoms with E-state index in [9.17, 15) is 9.59 Å². The molecule has 3 nitrogen and oxygen atoms in total. The van der Waals surface area contributed by atoms with Gasteiger partial charge in [0.15, 0.2) is 5.76 Å². The second-order valence-electron chi connectivity index (χ2n) is 7.17. The van der Waals surface area contributed by atoms with Crippen molar-refractivity contribution in [3.63, 3.8) is 0 Å². The minimum atomic E-state index is -0.226.